The zero-order chi connectivity index (χ0) is 9.97. The predicted molar refractivity (Wildman–Crippen MR) is 56.5 cm³/mol. The molecule has 0 aromatic heterocycles. The van der Waals surface area contributed by atoms with Crippen LogP contribution in [0.15, 0.2) is 24.3 Å². The molecule has 0 radical (unpaired) electrons. The van der Waals surface area contributed by atoms with Crippen molar-refractivity contribution in [1.82, 2.24) is 0 Å². The van der Waals surface area contributed by atoms with Crippen LogP contribution in [0.5, 0.6) is 0 Å². The van der Waals surface area contributed by atoms with Gasteiger partial charge in [-0.15, -0.1) is 0 Å². The third-order valence-corrected chi connectivity index (χ3v) is 3.62. The molecular formula is C9H10FO2PS. The van der Waals surface area contributed by atoms with E-state index in [1.54, 1.807) is 6.07 Å². The molecular weight excluding hydrogens is 222 g/mol. The van der Waals surface area contributed by atoms with Gasteiger partial charge in [-0.25, -0.2) is 4.39 Å². The maximum Gasteiger partial charge on any atom is 0.176 e. The normalized spacial score (nSPS) is 27.5. The van der Waals surface area contributed by atoms with Crippen LogP contribution in [-0.2, 0) is 20.9 Å². The molecule has 2 unspecified atom stereocenters. The van der Waals surface area contributed by atoms with Crippen LogP contribution in [0, 0.1) is 5.82 Å². The van der Waals surface area contributed by atoms with E-state index in [-0.39, 0.29) is 11.9 Å². The van der Waals surface area contributed by atoms with Crippen molar-refractivity contribution >= 4 is 19.0 Å². The molecule has 1 aromatic carbocycles. The van der Waals surface area contributed by atoms with Gasteiger partial charge in [0, 0.05) is 6.42 Å². The van der Waals surface area contributed by atoms with Crippen LogP contribution in [-0.4, -0.2) is 6.61 Å². The summed E-state index contributed by atoms with van der Waals surface area (Å²) in [6, 6.07) is 6.44. The van der Waals surface area contributed by atoms with Crippen LogP contribution in [0.2, 0.25) is 0 Å². The maximum atomic E-state index is 12.9. The van der Waals surface area contributed by atoms with E-state index in [0.29, 0.717) is 6.61 Å². The SMILES string of the molecule is Fc1cccc(C2CCO[PH](=S)O2)c1. The molecule has 5 heteroatoms. The van der Waals surface area contributed by atoms with E-state index in [9.17, 15) is 4.39 Å². The summed E-state index contributed by atoms with van der Waals surface area (Å²) in [4.78, 5) is 0. The Hall–Kier alpha value is -0.280. The van der Waals surface area contributed by atoms with E-state index >= 15 is 0 Å². The molecule has 1 aromatic rings. The van der Waals surface area contributed by atoms with Crippen molar-refractivity contribution in [2.75, 3.05) is 6.61 Å². The Kier molecular flexibility index (Phi) is 3.29. The Morgan fingerprint density at radius 2 is 2.36 bits per heavy atom. The van der Waals surface area contributed by atoms with Gasteiger partial charge in [-0.1, -0.05) is 12.1 Å². The zero-order valence-corrected chi connectivity index (χ0v) is 9.22. The molecule has 2 nitrogen and oxygen atoms in total. The molecule has 0 amide bonds. The van der Waals surface area contributed by atoms with E-state index in [1.165, 1.54) is 12.1 Å². The average molecular weight is 232 g/mol. The topological polar surface area (TPSA) is 18.5 Å². The van der Waals surface area contributed by atoms with Gasteiger partial charge in [-0.2, -0.15) is 0 Å². The van der Waals surface area contributed by atoms with Gasteiger partial charge in [0.25, 0.3) is 0 Å². The average Bonchev–Trinajstić information content (AvgIpc) is 2.18. The highest BCUT2D eigenvalue weighted by atomic mass is 32.4. The highest BCUT2D eigenvalue weighted by Crippen LogP contribution is 2.40. The van der Waals surface area contributed by atoms with Gasteiger partial charge in [0.15, 0.2) is 7.15 Å². The molecule has 2 rings (SSSR count). The third-order valence-electron chi connectivity index (χ3n) is 2.06. The smallest absolute Gasteiger partial charge is 0.176 e. The quantitative estimate of drug-likeness (QED) is 0.694. The molecule has 1 aliphatic heterocycles. The van der Waals surface area contributed by atoms with Gasteiger partial charge in [0.05, 0.1) is 12.7 Å². The lowest BCUT2D eigenvalue weighted by Crippen LogP contribution is -2.09. The first-order valence-corrected chi connectivity index (χ1v) is 6.79. The summed E-state index contributed by atoms with van der Waals surface area (Å²) in [5.41, 5.74) is 0.848. The molecule has 0 bridgehead atoms. The van der Waals surface area contributed by atoms with Crippen LogP contribution in [0.25, 0.3) is 0 Å². The summed E-state index contributed by atoms with van der Waals surface area (Å²) in [5, 5.41) is 0. The molecule has 2 atom stereocenters. The fourth-order valence-corrected chi connectivity index (χ4v) is 2.84. The Morgan fingerprint density at radius 1 is 1.50 bits per heavy atom. The first-order chi connectivity index (χ1) is 6.75. The predicted octanol–water partition coefficient (Wildman–Crippen LogP) is 2.81. The van der Waals surface area contributed by atoms with Crippen molar-refractivity contribution in [3.8, 4) is 0 Å². The lowest BCUT2D eigenvalue weighted by molar-refractivity contribution is 0.119. The number of rotatable bonds is 1. The van der Waals surface area contributed by atoms with Crippen LogP contribution in [0.3, 0.4) is 0 Å². The summed E-state index contributed by atoms with van der Waals surface area (Å²) in [5.74, 6) is -0.240. The molecule has 0 N–H and O–H groups in total. The summed E-state index contributed by atoms with van der Waals surface area (Å²) in [7, 11) is -1.54. The number of halogens is 1. The van der Waals surface area contributed by atoms with Gasteiger partial charge in [-0.3, -0.25) is 0 Å². The van der Waals surface area contributed by atoms with Gasteiger partial charge in [0.1, 0.15) is 5.82 Å². The van der Waals surface area contributed by atoms with Crippen LogP contribution in [0.4, 0.5) is 4.39 Å². The fourth-order valence-electron chi connectivity index (χ4n) is 1.40. The van der Waals surface area contributed by atoms with E-state index in [0.717, 1.165) is 12.0 Å². The maximum absolute atomic E-state index is 12.9. The zero-order valence-electron chi connectivity index (χ0n) is 7.40. The monoisotopic (exact) mass is 232 g/mol. The molecule has 1 fully saturated rings. The highest BCUT2D eigenvalue weighted by Gasteiger charge is 2.19. The number of benzene rings is 1. The van der Waals surface area contributed by atoms with E-state index < -0.39 is 7.15 Å². The fraction of sp³-hybridized carbons (Fsp3) is 0.333. The summed E-state index contributed by atoms with van der Waals surface area (Å²) in [6.07, 6.45) is 0.652. The van der Waals surface area contributed by atoms with Gasteiger partial charge in [-0.05, 0) is 29.5 Å². The number of hydrogen-bond donors (Lipinski definition) is 0. The molecule has 14 heavy (non-hydrogen) atoms. The van der Waals surface area contributed by atoms with Gasteiger partial charge >= 0.3 is 0 Å². The van der Waals surface area contributed by atoms with Crippen LogP contribution < -0.4 is 0 Å². The van der Waals surface area contributed by atoms with Crippen molar-refractivity contribution in [3.05, 3.63) is 35.6 Å². The van der Waals surface area contributed by atoms with E-state index in [4.69, 9.17) is 20.9 Å². The van der Waals surface area contributed by atoms with Crippen LogP contribution in [0.1, 0.15) is 18.1 Å². The van der Waals surface area contributed by atoms with E-state index in [2.05, 4.69) is 0 Å². The third kappa shape index (κ3) is 2.39. The minimum absolute atomic E-state index is 0.0918. The van der Waals surface area contributed by atoms with E-state index in [1.807, 2.05) is 6.07 Å². The molecule has 0 saturated carbocycles. The van der Waals surface area contributed by atoms with Crippen LogP contribution >= 0.6 is 7.15 Å². The van der Waals surface area contributed by atoms with Crippen molar-refractivity contribution in [2.24, 2.45) is 0 Å². The summed E-state index contributed by atoms with van der Waals surface area (Å²) >= 11 is 4.96. The minimum Gasteiger partial charge on any atom is -0.331 e. The Balaban J connectivity index is 2.17. The summed E-state index contributed by atoms with van der Waals surface area (Å²) in [6.45, 7) is 0.610. The molecule has 1 heterocycles. The lowest BCUT2D eigenvalue weighted by atomic mass is 10.1. The Morgan fingerprint density at radius 3 is 3.07 bits per heavy atom. The molecule has 1 saturated heterocycles. The van der Waals surface area contributed by atoms with Gasteiger partial charge in [0.2, 0.25) is 0 Å². The standard InChI is InChI=1S/C9H10FO2PS/c10-8-3-1-2-7(6-8)9-4-5-11-13(14)12-9/h1-3,6,9,13H,4-5H2. The second-order valence-electron chi connectivity index (χ2n) is 3.05. The minimum atomic E-state index is -1.54. The van der Waals surface area contributed by atoms with Gasteiger partial charge < -0.3 is 9.05 Å². The van der Waals surface area contributed by atoms with Crippen molar-refractivity contribution in [1.29, 1.82) is 0 Å². The number of hydrogen-bond acceptors (Lipinski definition) is 3. The highest BCUT2D eigenvalue weighted by molar-refractivity contribution is 8.00. The first-order valence-electron chi connectivity index (χ1n) is 4.34. The lowest BCUT2D eigenvalue weighted by Gasteiger charge is -2.24. The second-order valence-corrected chi connectivity index (χ2v) is 5.07. The first kappa shape index (κ1) is 10.2. The summed E-state index contributed by atoms with van der Waals surface area (Å²) < 4.78 is 23.5. The van der Waals surface area contributed by atoms with Crippen molar-refractivity contribution in [3.63, 3.8) is 0 Å². The molecule has 76 valence electrons. The second kappa shape index (κ2) is 4.49. The van der Waals surface area contributed by atoms with Crippen molar-refractivity contribution in [2.45, 2.75) is 12.5 Å². The Labute approximate surface area is 87.6 Å². The largest absolute Gasteiger partial charge is 0.331 e. The molecule has 1 aliphatic rings. The molecule has 0 aliphatic carbocycles. The van der Waals surface area contributed by atoms with Crippen molar-refractivity contribution < 1.29 is 13.4 Å². The molecule has 0 spiro atoms. The Bertz CT molecular complexity index is 358.